The molecule has 0 aliphatic rings. The highest BCUT2D eigenvalue weighted by Crippen LogP contribution is 2.10. The summed E-state index contributed by atoms with van der Waals surface area (Å²) in [6.45, 7) is 2.95. The van der Waals surface area contributed by atoms with E-state index >= 15 is 0 Å². The summed E-state index contributed by atoms with van der Waals surface area (Å²) >= 11 is 0. The average Bonchev–Trinajstić information content (AvgIpc) is 2.36. The van der Waals surface area contributed by atoms with Crippen molar-refractivity contribution < 1.29 is 4.79 Å². The predicted molar refractivity (Wildman–Crippen MR) is 66.4 cm³/mol. The van der Waals surface area contributed by atoms with Gasteiger partial charge in [-0.1, -0.05) is 6.92 Å². The van der Waals surface area contributed by atoms with Crippen LogP contribution in [0, 0.1) is 0 Å². The SMILES string of the molecule is CCCNC(=O)CN(C)c1cc(NN)ncn1. The van der Waals surface area contributed by atoms with E-state index in [9.17, 15) is 4.79 Å². The molecule has 0 spiro atoms. The second-order valence-electron chi connectivity index (χ2n) is 3.61. The first-order valence-corrected chi connectivity index (χ1v) is 5.44. The smallest absolute Gasteiger partial charge is 0.239 e. The molecule has 0 bridgehead atoms. The molecular weight excluding hydrogens is 220 g/mol. The maximum absolute atomic E-state index is 11.5. The normalized spacial score (nSPS) is 9.82. The van der Waals surface area contributed by atoms with Crippen molar-refractivity contribution in [2.75, 3.05) is 30.5 Å². The minimum atomic E-state index is -0.0322. The van der Waals surface area contributed by atoms with E-state index in [1.165, 1.54) is 6.33 Å². The Labute approximate surface area is 100 Å². The number of carbonyl (C=O) groups excluding carboxylic acids is 1. The fourth-order valence-electron chi connectivity index (χ4n) is 1.25. The molecule has 7 heteroatoms. The van der Waals surface area contributed by atoms with Crippen molar-refractivity contribution in [2.24, 2.45) is 5.84 Å². The summed E-state index contributed by atoms with van der Waals surface area (Å²) in [6, 6.07) is 1.67. The molecule has 0 saturated carbocycles. The number of rotatable bonds is 6. The zero-order chi connectivity index (χ0) is 12.7. The number of nitrogens with one attached hydrogen (secondary N) is 2. The van der Waals surface area contributed by atoms with Crippen LogP contribution in [0.25, 0.3) is 0 Å². The number of aromatic nitrogens is 2. The zero-order valence-corrected chi connectivity index (χ0v) is 10.1. The Kier molecular flexibility index (Phi) is 5.15. The minimum Gasteiger partial charge on any atom is -0.355 e. The van der Waals surface area contributed by atoms with Gasteiger partial charge in [0.1, 0.15) is 18.0 Å². The minimum absolute atomic E-state index is 0.0322. The highest BCUT2D eigenvalue weighted by Gasteiger charge is 2.08. The second-order valence-corrected chi connectivity index (χ2v) is 3.61. The van der Waals surface area contributed by atoms with Gasteiger partial charge in [0.15, 0.2) is 0 Å². The Morgan fingerprint density at radius 1 is 1.53 bits per heavy atom. The van der Waals surface area contributed by atoms with Crippen LogP contribution in [0.3, 0.4) is 0 Å². The van der Waals surface area contributed by atoms with Crippen LogP contribution in [0.15, 0.2) is 12.4 Å². The lowest BCUT2D eigenvalue weighted by atomic mass is 10.4. The van der Waals surface area contributed by atoms with Crippen molar-refractivity contribution in [3.63, 3.8) is 0 Å². The van der Waals surface area contributed by atoms with Crippen LogP contribution in [-0.4, -0.2) is 36.0 Å². The molecule has 0 radical (unpaired) electrons. The van der Waals surface area contributed by atoms with Gasteiger partial charge in [0.05, 0.1) is 6.54 Å². The van der Waals surface area contributed by atoms with Crippen molar-refractivity contribution in [2.45, 2.75) is 13.3 Å². The van der Waals surface area contributed by atoms with Gasteiger partial charge in [0.25, 0.3) is 0 Å². The molecule has 94 valence electrons. The van der Waals surface area contributed by atoms with Gasteiger partial charge in [-0.3, -0.25) is 4.79 Å². The van der Waals surface area contributed by atoms with Crippen LogP contribution in [0.2, 0.25) is 0 Å². The molecule has 1 aromatic rings. The van der Waals surface area contributed by atoms with Crippen molar-refractivity contribution in [1.82, 2.24) is 15.3 Å². The molecule has 1 amide bonds. The highest BCUT2D eigenvalue weighted by molar-refractivity contribution is 5.80. The molecule has 4 N–H and O–H groups in total. The number of nitrogens with two attached hydrogens (primary N) is 1. The number of hydrogen-bond donors (Lipinski definition) is 3. The monoisotopic (exact) mass is 238 g/mol. The lowest BCUT2D eigenvalue weighted by Crippen LogP contribution is -2.35. The summed E-state index contributed by atoms with van der Waals surface area (Å²) in [5.41, 5.74) is 2.43. The van der Waals surface area contributed by atoms with Crippen LogP contribution in [0.5, 0.6) is 0 Å². The third-order valence-corrected chi connectivity index (χ3v) is 2.14. The van der Waals surface area contributed by atoms with Gasteiger partial charge in [0.2, 0.25) is 5.91 Å². The van der Waals surface area contributed by atoms with Crippen molar-refractivity contribution in [3.05, 3.63) is 12.4 Å². The summed E-state index contributed by atoms with van der Waals surface area (Å²) in [4.78, 5) is 21.2. The largest absolute Gasteiger partial charge is 0.355 e. The molecule has 1 heterocycles. The van der Waals surface area contributed by atoms with E-state index < -0.39 is 0 Å². The molecule has 0 fully saturated rings. The van der Waals surface area contributed by atoms with Gasteiger partial charge in [0, 0.05) is 19.7 Å². The molecule has 1 aromatic heterocycles. The van der Waals surface area contributed by atoms with Crippen LogP contribution >= 0.6 is 0 Å². The summed E-state index contributed by atoms with van der Waals surface area (Å²) in [5.74, 6) is 6.36. The van der Waals surface area contributed by atoms with Crippen molar-refractivity contribution in [1.29, 1.82) is 0 Å². The lowest BCUT2D eigenvalue weighted by molar-refractivity contribution is -0.119. The van der Waals surface area contributed by atoms with Crippen LogP contribution in [0.4, 0.5) is 11.6 Å². The van der Waals surface area contributed by atoms with Gasteiger partial charge in [-0.15, -0.1) is 0 Å². The topological polar surface area (TPSA) is 96.2 Å². The lowest BCUT2D eigenvalue weighted by Gasteiger charge is -2.17. The number of nitrogens with zero attached hydrogens (tertiary/aromatic N) is 3. The molecule has 0 aromatic carbocycles. The molecule has 0 saturated heterocycles. The number of hydrazine groups is 1. The standard InChI is InChI=1S/C10H18N6O/c1-3-4-12-10(17)6-16(2)9-5-8(15-11)13-7-14-9/h5,7H,3-4,6,11H2,1-2H3,(H,12,17)(H,13,14,15). The average molecular weight is 238 g/mol. The van der Waals surface area contributed by atoms with Gasteiger partial charge in [-0.05, 0) is 6.42 Å². The first-order chi connectivity index (χ1) is 8.17. The molecule has 7 nitrogen and oxygen atoms in total. The molecule has 0 unspecified atom stereocenters. The quantitative estimate of drug-likeness (QED) is 0.466. The zero-order valence-electron chi connectivity index (χ0n) is 10.1. The summed E-state index contributed by atoms with van der Waals surface area (Å²) < 4.78 is 0. The first kappa shape index (κ1) is 13.2. The molecule has 17 heavy (non-hydrogen) atoms. The van der Waals surface area contributed by atoms with Gasteiger partial charge in [-0.2, -0.15) is 0 Å². The maximum Gasteiger partial charge on any atom is 0.239 e. The van der Waals surface area contributed by atoms with Crippen molar-refractivity contribution >= 4 is 17.5 Å². The number of likely N-dealkylation sites (N-methyl/N-ethyl adjacent to an activating group) is 1. The molecule has 0 aliphatic carbocycles. The second kappa shape index (κ2) is 6.64. The molecular formula is C10H18N6O. The predicted octanol–water partition coefficient (Wildman–Crippen LogP) is -0.275. The number of nitrogen functional groups attached to an aromatic ring is 1. The summed E-state index contributed by atoms with van der Waals surface area (Å²) in [6.07, 6.45) is 2.31. The van der Waals surface area contributed by atoms with Crippen molar-refractivity contribution in [3.8, 4) is 0 Å². The fourth-order valence-corrected chi connectivity index (χ4v) is 1.25. The van der Waals surface area contributed by atoms with Crippen LogP contribution in [-0.2, 0) is 4.79 Å². The Hall–Kier alpha value is -1.89. The number of amides is 1. The Morgan fingerprint density at radius 2 is 2.29 bits per heavy atom. The van der Waals surface area contributed by atoms with Gasteiger partial charge >= 0.3 is 0 Å². The Balaban J connectivity index is 2.56. The summed E-state index contributed by atoms with van der Waals surface area (Å²) in [7, 11) is 1.79. The van der Waals surface area contributed by atoms with E-state index in [2.05, 4.69) is 20.7 Å². The van der Waals surface area contributed by atoms with Gasteiger partial charge in [-0.25, -0.2) is 15.8 Å². The number of anilines is 2. The van der Waals surface area contributed by atoms with E-state index in [-0.39, 0.29) is 12.5 Å². The van der Waals surface area contributed by atoms with Crippen LogP contribution in [0.1, 0.15) is 13.3 Å². The molecule has 1 rings (SSSR count). The molecule has 0 aliphatic heterocycles. The maximum atomic E-state index is 11.5. The third kappa shape index (κ3) is 4.23. The van der Waals surface area contributed by atoms with E-state index in [0.29, 0.717) is 18.2 Å². The Bertz CT molecular complexity index is 370. The van der Waals surface area contributed by atoms with Crippen LogP contribution < -0.4 is 21.5 Å². The number of hydrogen-bond acceptors (Lipinski definition) is 6. The summed E-state index contributed by atoms with van der Waals surface area (Å²) in [5, 5.41) is 2.80. The van der Waals surface area contributed by atoms with Gasteiger partial charge < -0.3 is 15.6 Å². The fraction of sp³-hybridized carbons (Fsp3) is 0.500. The third-order valence-electron chi connectivity index (χ3n) is 2.14. The van der Waals surface area contributed by atoms with E-state index in [1.54, 1.807) is 18.0 Å². The highest BCUT2D eigenvalue weighted by atomic mass is 16.2. The van der Waals surface area contributed by atoms with E-state index in [0.717, 1.165) is 6.42 Å². The van der Waals surface area contributed by atoms with E-state index in [4.69, 9.17) is 5.84 Å². The molecule has 0 atom stereocenters. The first-order valence-electron chi connectivity index (χ1n) is 5.44. The van der Waals surface area contributed by atoms with E-state index in [1.807, 2.05) is 6.92 Å². The number of carbonyl (C=O) groups is 1. The Morgan fingerprint density at radius 3 is 2.94 bits per heavy atom.